The average Bonchev–Trinajstić information content (AvgIpc) is 2.80. The lowest BCUT2D eigenvalue weighted by atomic mass is 10.2. The molecule has 0 aliphatic carbocycles. The van der Waals surface area contributed by atoms with Crippen molar-refractivity contribution in [1.29, 1.82) is 0 Å². The van der Waals surface area contributed by atoms with E-state index in [9.17, 15) is 0 Å². The lowest BCUT2D eigenvalue weighted by Crippen LogP contribution is -2.03. The molecule has 0 unspecified atom stereocenters. The van der Waals surface area contributed by atoms with E-state index in [1.54, 1.807) is 0 Å². The van der Waals surface area contributed by atoms with Crippen LogP contribution in [0.3, 0.4) is 0 Å². The van der Waals surface area contributed by atoms with E-state index in [1.807, 2.05) is 24.3 Å². The maximum absolute atomic E-state index is 5.14. The third-order valence-electron chi connectivity index (χ3n) is 2.85. The second-order valence-corrected chi connectivity index (χ2v) is 5.30. The fraction of sp³-hybridized carbons (Fsp3) is 0.167. The van der Waals surface area contributed by atoms with Crippen LogP contribution < -0.4 is 10.6 Å². The number of rotatable bonds is 2. The van der Waals surface area contributed by atoms with Gasteiger partial charge in [0.2, 0.25) is 0 Å². The number of hydrogen-bond donors (Lipinski definition) is 3. The average molecular weight is 323 g/mol. The number of fused-ring (bicyclic) bond motifs is 1. The van der Waals surface area contributed by atoms with Crippen molar-refractivity contribution in [3.8, 4) is 0 Å². The molecular weight excluding hydrogens is 312 g/mol. The molecular formula is C12H11BrN4S. The lowest BCUT2D eigenvalue weighted by Gasteiger charge is -2.11. The minimum absolute atomic E-state index is 0.506. The van der Waals surface area contributed by atoms with Crippen molar-refractivity contribution in [2.45, 2.75) is 13.1 Å². The first-order valence-corrected chi connectivity index (χ1v) is 6.78. The summed E-state index contributed by atoms with van der Waals surface area (Å²) in [5.74, 6) is 0.825. The van der Waals surface area contributed by atoms with Gasteiger partial charge in [0.05, 0.1) is 5.69 Å². The number of nitrogens with zero attached hydrogens (tertiary/aromatic N) is 1. The van der Waals surface area contributed by atoms with Crippen molar-refractivity contribution in [2.75, 3.05) is 5.32 Å². The molecule has 4 nitrogen and oxygen atoms in total. The van der Waals surface area contributed by atoms with Crippen molar-refractivity contribution in [2.24, 2.45) is 0 Å². The number of nitrogens with one attached hydrogen (secondary N) is 3. The number of hydrogen-bond acceptors (Lipinski definition) is 4. The quantitative estimate of drug-likeness (QED) is 0.743. The summed E-state index contributed by atoms with van der Waals surface area (Å²) >= 11 is 8.66. The van der Waals surface area contributed by atoms with E-state index in [1.165, 1.54) is 0 Å². The molecule has 2 aromatic rings. The summed E-state index contributed by atoms with van der Waals surface area (Å²) in [7, 11) is 0. The SMILES string of the molecule is S=c1nc(Nc2ccccc2Br)c2c([nH]1)CNC2. The number of aromatic nitrogens is 2. The van der Waals surface area contributed by atoms with Crippen LogP contribution in [-0.2, 0) is 13.1 Å². The van der Waals surface area contributed by atoms with Gasteiger partial charge in [-0.25, -0.2) is 4.98 Å². The molecule has 0 amide bonds. The van der Waals surface area contributed by atoms with Crippen LogP contribution in [0.25, 0.3) is 0 Å². The Morgan fingerprint density at radius 3 is 2.94 bits per heavy atom. The van der Waals surface area contributed by atoms with E-state index < -0.39 is 0 Å². The first-order valence-electron chi connectivity index (χ1n) is 5.58. The molecule has 1 aliphatic heterocycles. The highest BCUT2D eigenvalue weighted by molar-refractivity contribution is 9.10. The third-order valence-corrected chi connectivity index (χ3v) is 3.74. The Labute approximate surface area is 118 Å². The molecule has 0 spiro atoms. The molecule has 0 atom stereocenters. The van der Waals surface area contributed by atoms with Crippen LogP contribution in [0.15, 0.2) is 28.7 Å². The predicted molar refractivity (Wildman–Crippen MR) is 77.4 cm³/mol. The molecule has 1 aromatic heterocycles. The van der Waals surface area contributed by atoms with Crippen molar-refractivity contribution in [3.63, 3.8) is 0 Å². The second kappa shape index (κ2) is 4.79. The fourth-order valence-corrected chi connectivity index (χ4v) is 2.59. The summed E-state index contributed by atoms with van der Waals surface area (Å²) in [6.07, 6.45) is 0. The summed E-state index contributed by atoms with van der Waals surface area (Å²) < 4.78 is 1.51. The first-order chi connectivity index (χ1) is 8.74. The van der Waals surface area contributed by atoms with Crippen LogP contribution in [0, 0.1) is 4.77 Å². The van der Waals surface area contributed by atoms with E-state index in [4.69, 9.17) is 12.2 Å². The molecule has 92 valence electrons. The summed E-state index contributed by atoms with van der Waals surface area (Å²) in [4.78, 5) is 7.49. The third kappa shape index (κ3) is 2.19. The van der Waals surface area contributed by atoms with Gasteiger partial charge in [-0.1, -0.05) is 12.1 Å². The standard InChI is InChI=1S/C12H11BrN4S/c13-8-3-1-2-4-9(8)15-11-7-5-14-6-10(7)16-12(18)17-11/h1-4,14H,5-6H2,(H2,15,16,17,18). The molecule has 0 saturated carbocycles. The Hall–Kier alpha value is -1.24. The van der Waals surface area contributed by atoms with Gasteiger partial charge in [0, 0.05) is 28.8 Å². The Morgan fingerprint density at radius 1 is 1.28 bits per heavy atom. The van der Waals surface area contributed by atoms with Crippen LogP contribution >= 0.6 is 28.1 Å². The second-order valence-electron chi connectivity index (χ2n) is 4.06. The predicted octanol–water partition coefficient (Wildman–Crippen LogP) is 3.25. The monoisotopic (exact) mass is 322 g/mol. The molecule has 0 saturated heterocycles. The number of benzene rings is 1. The van der Waals surface area contributed by atoms with Gasteiger partial charge in [-0.3, -0.25) is 0 Å². The molecule has 0 bridgehead atoms. The highest BCUT2D eigenvalue weighted by Gasteiger charge is 2.16. The van der Waals surface area contributed by atoms with E-state index >= 15 is 0 Å². The number of H-pyrrole nitrogens is 1. The van der Waals surface area contributed by atoms with Crippen LogP contribution in [0.4, 0.5) is 11.5 Å². The van der Waals surface area contributed by atoms with Gasteiger partial charge in [-0.05, 0) is 40.3 Å². The molecule has 6 heteroatoms. The molecule has 1 aliphatic rings. The van der Waals surface area contributed by atoms with Gasteiger partial charge in [-0.15, -0.1) is 0 Å². The Bertz CT molecular complexity index is 653. The number of halogens is 1. The van der Waals surface area contributed by atoms with Gasteiger partial charge < -0.3 is 15.6 Å². The van der Waals surface area contributed by atoms with Crippen LogP contribution in [0.1, 0.15) is 11.3 Å². The number of aromatic amines is 1. The van der Waals surface area contributed by atoms with E-state index in [2.05, 4.69) is 36.5 Å². The maximum atomic E-state index is 5.14. The van der Waals surface area contributed by atoms with Gasteiger partial charge in [0.15, 0.2) is 4.77 Å². The molecule has 0 radical (unpaired) electrons. The fourth-order valence-electron chi connectivity index (χ4n) is 1.99. The summed E-state index contributed by atoms with van der Waals surface area (Å²) in [6.45, 7) is 1.62. The summed E-state index contributed by atoms with van der Waals surface area (Å²) in [5, 5.41) is 6.62. The summed E-state index contributed by atoms with van der Waals surface area (Å²) in [6, 6.07) is 7.95. The normalized spacial score (nSPS) is 13.4. The molecule has 3 rings (SSSR count). The molecule has 18 heavy (non-hydrogen) atoms. The smallest absolute Gasteiger partial charge is 0.199 e. The minimum atomic E-state index is 0.506. The first kappa shape index (κ1) is 11.8. The van der Waals surface area contributed by atoms with Gasteiger partial charge in [0.25, 0.3) is 0 Å². The molecule has 3 N–H and O–H groups in total. The van der Waals surface area contributed by atoms with Gasteiger partial charge in [-0.2, -0.15) is 0 Å². The van der Waals surface area contributed by atoms with E-state index in [0.29, 0.717) is 4.77 Å². The van der Waals surface area contributed by atoms with Gasteiger partial charge >= 0.3 is 0 Å². The minimum Gasteiger partial charge on any atom is -0.339 e. The highest BCUT2D eigenvalue weighted by Crippen LogP contribution is 2.28. The van der Waals surface area contributed by atoms with E-state index in [-0.39, 0.29) is 0 Å². The zero-order chi connectivity index (χ0) is 12.5. The summed E-state index contributed by atoms with van der Waals surface area (Å²) in [5.41, 5.74) is 3.25. The highest BCUT2D eigenvalue weighted by atomic mass is 79.9. The Kier molecular flexibility index (Phi) is 3.15. The van der Waals surface area contributed by atoms with Crippen molar-refractivity contribution < 1.29 is 0 Å². The van der Waals surface area contributed by atoms with Crippen LogP contribution in [0.2, 0.25) is 0 Å². The van der Waals surface area contributed by atoms with Crippen molar-refractivity contribution in [3.05, 3.63) is 44.8 Å². The van der Waals surface area contributed by atoms with Crippen molar-refractivity contribution >= 4 is 39.7 Å². The number of para-hydroxylation sites is 1. The van der Waals surface area contributed by atoms with Crippen LogP contribution in [0.5, 0.6) is 0 Å². The zero-order valence-electron chi connectivity index (χ0n) is 9.46. The molecule has 0 fully saturated rings. The lowest BCUT2D eigenvalue weighted by molar-refractivity contribution is 0.757. The molecule has 1 aromatic carbocycles. The van der Waals surface area contributed by atoms with E-state index in [0.717, 1.165) is 40.3 Å². The topological polar surface area (TPSA) is 52.7 Å². The molecule has 2 heterocycles. The number of anilines is 2. The van der Waals surface area contributed by atoms with Gasteiger partial charge in [0.1, 0.15) is 5.82 Å². The Balaban J connectivity index is 2.04. The Morgan fingerprint density at radius 2 is 2.11 bits per heavy atom. The van der Waals surface area contributed by atoms with Crippen LogP contribution in [-0.4, -0.2) is 9.97 Å². The van der Waals surface area contributed by atoms with Crippen molar-refractivity contribution in [1.82, 2.24) is 15.3 Å². The largest absolute Gasteiger partial charge is 0.339 e. The zero-order valence-corrected chi connectivity index (χ0v) is 11.9. The maximum Gasteiger partial charge on any atom is 0.199 e.